The van der Waals surface area contributed by atoms with Crippen LogP contribution in [0, 0.1) is 11.8 Å². The van der Waals surface area contributed by atoms with Crippen molar-refractivity contribution in [2.75, 3.05) is 13.1 Å². The topological polar surface area (TPSA) is 20.3 Å². The van der Waals surface area contributed by atoms with Crippen molar-refractivity contribution in [2.45, 2.75) is 63.7 Å². The smallest absolute Gasteiger partial charge is 0.222 e. The van der Waals surface area contributed by atoms with Gasteiger partial charge in [-0.2, -0.15) is 0 Å². The van der Waals surface area contributed by atoms with Crippen molar-refractivity contribution in [1.29, 1.82) is 0 Å². The third kappa shape index (κ3) is 3.88. The van der Waals surface area contributed by atoms with E-state index in [4.69, 9.17) is 11.6 Å². The first-order chi connectivity index (χ1) is 8.66. The zero-order valence-corrected chi connectivity index (χ0v) is 12.3. The lowest BCUT2D eigenvalue weighted by molar-refractivity contribution is -0.133. The van der Waals surface area contributed by atoms with Crippen LogP contribution in [0.15, 0.2) is 0 Å². The standard InChI is InChI=1S/C15H26ClNO/c1-12-8-9-17(11-14(12)16)15(18)10-13-6-4-2-3-5-7-13/h12-14H,2-11H2,1H3. The van der Waals surface area contributed by atoms with Crippen LogP contribution in [0.4, 0.5) is 0 Å². The van der Waals surface area contributed by atoms with Crippen molar-refractivity contribution in [3.63, 3.8) is 0 Å². The van der Waals surface area contributed by atoms with Crippen LogP contribution in [0.5, 0.6) is 0 Å². The van der Waals surface area contributed by atoms with Gasteiger partial charge < -0.3 is 4.90 Å². The molecule has 1 aliphatic heterocycles. The molecule has 2 fully saturated rings. The quantitative estimate of drug-likeness (QED) is 0.552. The molecule has 2 rings (SSSR count). The van der Waals surface area contributed by atoms with Crippen molar-refractivity contribution in [3.05, 3.63) is 0 Å². The number of alkyl halides is 1. The summed E-state index contributed by atoms with van der Waals surface area (Å²) in [5.74, 6) is 1.53. The molecular weight excluding hydrogens is 246 g/mol. The predicted octanol–water partition coefficient (Wildman–Crippen LogP) is 3.82. The van der Waals surface area contributed by atoms with Gasteiger partial charge in [-0.05, 0) is 31.1 Å². The Morgan fingerprint density at radius 1 is 1.17 bits per heavy atom. The van der Waals surface area contributed by atoms with Crippen LogP contribution < -0.4 is 0 Å². The van der Waals surface area contributed by atoms with E-state index in [0.29, 0.717) is 17.7 Å². The van der Waals surface area contributed by atoms with E-state index in [0.717, 1.165) is 25.9 Å². The number of rotatable bonds is 2. The Bertz CT molecular complexity index is 274. The van der Waals surface area contributed by atoms with Gasteiger partial charge in [0.15, 0.2) is 0 Å². The van der Waals surface area contributed by atoms with Crippen molar-refractivity contribution < 1.29 is 4.79 Å². The van der Waals surface area contributed by atoms with Crippen molar-refractivity contribution in [2.24, 2.45) is 11.8 Å². The summed E-state index contributed by atoms with van der Waals surface area (Å²) in [5, 5.41) is 0.150. The summed E-state index contributed by atoms with van der Waals surface area (Å²) in [4.78, 5) is 14.3. The first-order valence-electron chi connectivity index (χ1n) is 7.58. The zero-order chi connectivity index (χ0) is 13.0. The fourth-order valence-corrected chi connectivity index (χ4v) is 3.49. The summed E-state index contributed by atoms with van der Waals surface area (Å²) in [5.41, 5.74) is 0. The Kier molecular flexibility index (Phi) is 5.35. The second-order valence-electron chi connectivity index (χ2n) is 6.18. The normalized spacial score (nSPS) is 31.1. The van der Waals surface area contributed by atoms with Crippen LogP contribution in [0.1, 0.15) is 58.3 Å². The Morgan fingerprint density at radius 3 is 2.44 bits per heavy atom. The minimum Gasteiger partial charge on any atom is -0.341 e. The van der Waals surface area contributed by atoms with E-state index < -0.39 is 0 Å². The Balaban J connectivity index is 1.80. The molecule has 0 N–H and O–H groups in total. The van der Waals surface area contributed by atoms with Crippen LogP contribution in [0.3, 0.4) is 0 Å². The maximum absolute atomic E-state index is 12.3. The van der Waals surface area contributed by atoms with E-state index in [9.17, 15) is 4.79 Å². The van der Waals surface area contributed by atoms with Crippen LogP contribution in [0.25, 0.3) is 0 Å². The molecule has 2 unspecified atom stereocenters. The first kappa shape index (κ1) is 14.2. The average Bonchev–Trinajstić information content (AvgIpc) is 2.61. The van der Waals surface area contributed by atoms with Gasteiger partial charge in [0.05, 0.1) is 5.38 Å². The van der Waals surface area contributed by atoms with Gasteiger partial charge in [-0.1, -0.05) is 32.6 Å². The maximum atomic E-state index is 12.3. The summed E-state index contributed by atoms with van der Waals surface area (Å²) in [6, 6.07) is 0. The van der Waals surface area contributed by atoms with Gasteiger partial charge in [-0.3, -0.25) is 4.79 Å². The Morgan fingerprint density at radius 2 is 1.83 bits per heavy atom. The van der Waals surface area contributed by atoms with Crippen molar-refractivity contribution in [1.82, 2.24) is 4.90 Å². The summed E-state index contributed by atoms with van der Waals surface area (Å²) in [6.07, 6.45) is 9.66. The minimum atomic E-state index is 0.150. The average molecular weight is 272 g/mol. The van der Waals surface area contributed by atoms with E-state index in [1.54, 1.807) is 0 Å². The fraction of sp³-hybridized carbons (Fsp3) is 0.933. The predicted molar refractivity (Wildman–Crippen MR) is 75.8 cm³/mol. The minimum absolute atomic E-state index is 0.150. The molecule has 0 aromatic carbocycles. The van der Waals surface area contributed by atoms with Gasteiger partial charge in [-0.15, -0.1) is 11.6 Å². The Hall–Kier alpha value is -0.240. The lowest BCUT2D eigenvalue weighted by atomic mass is 9.94. The van der Waals surface area contributed by atoms with E-state index in [1.165, 1.54) is 38.5 Å². The monoisotopic (exact) mass is 271 g/mol. The molecule has 0 spiro atoms. The van der Waals surface area contributed by atoms with E-state index in [2.05, 4.69) is 6.92 Å². The molecule has 2 aliphatic rings. The highest BCUT2D eigenvalue weighted by atomic mass is 35.5. The number of likely N-dealkylation sites (tertiary alicyclic amines) is 1. The van der Waals surface area contributed by atoms with Gasteiger partial charge in [0.1, 0.15) is 0 Å². The molecule has 18 heavy (non-hydrogen) atoms. The summed E-state index contributed by atoms with van der Waals surface area (Å²) in [6.45, 7) is 3.86. The van der Waals surface area contributed by atoms with Crippen LogP contribution in [-0.2, 0) is 4.79 Å². The van der Waals surface area contributed by atoms with Crippen LogP contribution >= 0.6 is 11.6 Å². The summed E-state index contributed by atoms with van der Waals surface area (Å²) in [7, 11) is 0. The molecule has 0 radical (unpaired) electrons. The van der Waals surface area contributed by atoms with E-state index in [1.807, 2.05) is 4.90 Å². The van der Waals surface area contributed by atoms with Gasteiger partial charge in [0.25, 0.3) is 0 Å². The van der Waals surface area contributed by atoms with Crippen molar-refractivity contribution in [3.8, 4) is 0 Å². The molecule has 0 aromatic heterocycles. The number of carbonyl (C=O) groups is 1. The second-order valence-corrected chi connectivity index (χ2v) is 6.74. The van der Waals surface area contributed by atoms with E-state index >= 15 is 0 Å². The van der Waals surface area contributed by atoms with Gasteiger partial charge in [0, 0.05) is 19.5 Å². The second kappa shape index (κ2) is 6.79. The largest absolute Gasteiger partial charge is 0.341 e. The molecule has 3 heteroatoms. The van der Waals surface area contributed by atoms with Gasteiger partial charge in [0.2, 0.25) is 5.91 Å². The molecule has 0 aromatic rings. The molecule has 0 bridgehead atoms. The number of nitrogens with zero attached hydrogens (tertiary/aromatic N) is 1. The highest BCUT2D eigenvalue weighted by Crippen LogP contribution is 2.28. The molecule has 1 heterocycles. The third-order valence-corrected chi connectivity index (χ3v) is 5.23. The SMILES string of the molecule is CC1CCN(C(=O)CC2CCCCCC2)CC1Cl. The molecule has 104 valence electrons. The van der Waals surface area contributed by atoms with Crippen LogP contribution in [0.2, 0.25) is 0 Å². The molecule has 1 amide bonds. The number of halogens is 1. The molecule has 2 nitrogen and oxygen atoms in total. The number of hydrogen-bond acceptors (Lipinski definition) is 1. The molecule has 2 atom stereocenters. The van der Waals surface area contributed by atoms with Gasteiger partial charge >= 0.3 is 0 Å². The number of carbonyl (C=O) groups excluding carboxylic acids is 1. The highest BCUT2D eigenvalue weighted by Gasteiger charge is 2.28. The first-order valence-corrected chi connectivity index (χ1v) is 8.02. The summed E-state index contributed by atoms with van der Waals surface area (Å²) >= 11 is 6.28. The molecular formula is C15H26ClNO. The fourth-order valence-electron chi connectivity index (χ4n) is 3.19. The number of hydrogen-bond donors (Lipinski definition) is 0. The molecule has 1 saturated carbocycles. The lowest BCUT2D eigenvalue weighted by Crippen LogP contribution is -2.44. The number of piperidine rings is 1. The molecule has 1 saturated heterocycles. The number of amides is 1. The Labute approximate surface area is 116 Å². The zero-order valence-electron chi connectivity index (χ0n) is 11.5. The highest BCUT2D eigenvalue weighted by molar-refractivity contribution is 6.21. The van der Waals surface area contributed by atoms with Gasteiger partial charge in [-0.25, -0.2) is 0 Å². The van der Waals surface area contributed by atoms with Crippen LogP contribution in [-0.4, -0.2) is 29.3 Å². The lowest BCUT2D eigenvalue weighted by Gasteiger charge is -2.34. The molecule has 1 aliphatic carbocycles. The third-order valence-electron chi connectivity index (χ3n) is 4.66. The maximum Gasteiger partial charge on any atom is 0.222 e. The van der Waals surface area contributed by atoms with Crippen molar-refractivity contribution >= 4 is 17.5 Å². The summed E-state index contributed by atoms with van der Waals surface area (Å²) < 4.78 is 0. The van der Waals surface area contributed by atoms with E-state index in [-0.39, 0.29) is 5.38 Å².